The van der Waals surface area contributed by atoms with Gasteiger partial charge in [0.05, 0.1) is 18.5 Å². The van der Waals surface area contributed by atoms with E-state index in [1.54, 1.807) is 24.4 Å². The second-order valence-electron chi connectivity index (χ2n) is 5.02. The summed E-state index contributed by atoms with van der Waals surface area (Å²) < 4.78 is 6.62. The van der Waals surface area contributed by atoms with Gasteiger partial charge in [0.1, 0.15) is 30.1 Å². The number of rotatable bonds is 3. The van der Waals surface area contributed by atoms with Gasteiger partial charge in [0.25, 0.3) is 0 Å². The molecule has 0 unspecified atom stereocenters. The fourth-order valence-corrected chi connectivity index (χ4v) is 2.33. The van der Waals surface area contributed by atoms with Crippen LogP contribution in [0.2, 0.25) is 0 Å². The van der Waals surface area contributed by atoms with Crippen LogP contribution >= 0.6 is 0 Å². The highest BCUT2D eigenvalue weighted by Crippen LogP contribution is 2.28. The van der Waals surface area contributed by atoms with E-state index in [1.165, 1.54) is 10.9 Å². The van der Waals surface area contributed by atoms with Crippen molar-refractivity contribution in [1.29, 1.82) is 0 Å². The lowest BCUT2D eigenvalue weighted by Gasteiger charge is -2.39. The molecular weight excluding hydrogens is 292 g/mol. The molecule has 0 saturated carbocycles. The van der Waals surface area contributed by atoms with Crippen LogP contribution in [0.3, 0.4) is 0 Å². The van der Waals surface area contributed by atoms with Crippen LogP contribution in [0.4, 0.5) is 0 Å². The average Bonchev–Trinajstić information content (AvgIpc) is 3.04. The topological polar surface area (TPSA) is 134 Å². The minimum Gasteiger partial charge on any atom is -0.394 e. The van der Waals surface area contributed by atoms with Crippen molar-refractivity contribution in [3.05, 3.63) is 30.6 Å². The maximum absolute atomic E-state index is 10.0. The van der Waals surface area contributed by atoms with Gasteiger partial charge in [-0.05, 0) is 12.1 Å². The van der Waals surface area contributed by atoms with Gasteiger partial charge >= 0.3 is 0 Å². The van der Waals surface area contributed by atoms with Gasteiger partial charge in [-0.15, -0.1) is 5.10 Å². The Morgan fingerprint density at radius 1 is 1.09 bits per heavy atom. The highest BCUT2D eigenvalue weighted by atomic mass is 16.6. The van der Waals surface area contributed by atoms with E-state index in [4.69, 9.17) is 4.74 Å². The molecule has 3 rings (SSSR count). The Balaban J connectivity index is 1.86. The summed E-state index contributed by atoms with van der Waals surface area (Å²) in [7, 11) is 0. The molecule has 0 amide bonds. The number of hydrogen-bond acceptors (Lipinski definition) is 8. The summed E-state index contributed by atoms with van der Waals surface area (Å²) in [5.74, 6) is 0. The zero-order chi connectivity index (χ0) is 15.7. The lowest BCUT2D eigenvalue weighted by molar-refractivity contribution is -0.254. The third-order valence-electron chi connectivity index (χ3n) is 3.57. The summed E-state index contributed by atoms with van der Waals surface area (Å²) in [5, 5.41) is 46.6. The SMILES string of the molecule is OC[C@H]1O[C@@H](n2cc(-c3ccccn3)nn2)[C@H](O)[C@@H](O)[C@H]1O. The molecule has 0 spiro atoms. The lowest BCUT2D eigenvalue weighted by Crippen LogP contribution is -2.56. The zero-order valence-corrected chi connectivity index (χ0v) is 11.5. The molecule has 1 aliphatic heterocycles. The van der Waals surface area contributed by atoms with Crippen LogP contribution in [0.5, 0.6) is 0 Å². The lowest BCUT2D eigenvalue weighted by atomic mass is 9.98. The first-order valence-corrected chi connectivity index (χ1v) is 6.75. The molecule has 1 fully saturated rings. The molecule has 0 bridgehead atoms. The van der Waals surface area contributed by atoms with Crippen LogP contribution in [-0.2, 0) is 4.74 Å². The third kappa shape index (κ3) is 2.60. The summed E-state index contributed by atoms with van der Waals surface area (Å²) in [6.07, 6.45) is -3.21. The molecule has 4 N–H and O–H groups in total. The van der Waals surface area contributed by atoms with Crippen molar-refractivity contribution in [2.24, 2.45) is 0 Å². The Kier molecular flexibility index (Phi) is 4.14. The summed E-state index contributed by atoms with van der Waals surface area (Å²) in [6, 6.07) is 5.32. The molecule has 9 nitrogen and oxygen atoms in total. The van der Waals surface area contributed by atoms with Gasteiger partial charge in [-0.3, -0.25) is 4.98 Å². The van der Waals surface area contributed by atoms with Crippen molar-refractivity contribution in [3.63, 3.8) is 0 Å². The molecule has 9 heteroatoms. The monoisotopic (exact) mass is 308 g/mol. The van der Waals surface area contributed by atoms with E-state index in [0.29, 0.717) is 11.4 Å². The molecule has 22 heavy (non-hydrogen) atoms. The van der Waals surface area contributed by atoms with Gasteiger partial charge in [0, 0.05) is 6.20 Å². The smallest absolute Gasteiger partial charge is 0.180 e. The second kappa shape index (κ2) is 6.07. The number of hydrogen-bond donors (Lipinski definition) is 4. The highest BCUT2D eigenvalue weighted by molar-refractivity contribution is 5.51. The van der Waals surface area contributed by atoms with E-state index in [9.17, 15) is 20.4 Å². The summed E-state index contributed by atoms with van der Waals surface area (Å²) in [6.45, 7) is -0.497. The molecule has 0 aromatic carbocycles. The van der Waals surface area contributed by atoms with Crippen molar-refractivity contribution >= 4 is 0 Å². The van der Waals surface area contributed by atoms with E-state index in [2.05, 4.69) is 15.3 Å². The Labute approximate surface area is 125 Å². The number of ether oxygens (including phenoxy) is 1. The molecule has 2 aromatic heterocycles. The van der Waals surface area contributed by atoms with Crippen LogP contribution in [0, 0.1) is 0 Å². The molecule has 0 aliphatic carbocycles. The molecule has 2 aromatic rings. The molecule has 118 valence electrons. The van der Waals surface area contributed by atoms with Crippen LogP contribution in [-0.4, -0.2) is 71.4 Å². The van der Waals surface area contributed by atoms with Crippen LogP contribution < -0.4 is 0 Å². The number of aromatic nitrogens is 4. The fourth-order valence-electron chi connectivity index (χ4n) is 2.33. The minimum atomic E-state index is -1.46. The van der Waals surface area contributed by atoms with E-state index >= 15 is 0 Å². The standard InChI is InChI=1S/C13H16N4O5/c18-6-9-10(19)11(20)12(21)13(22-9)17-5-8(15-16-17)7-3-1-2-4-14-7/h1-5,9-13,18-21H,6H2/t9-,10+,11+,12-,13-/m1/s1. The fraction of sp³-hybridized carbons (Fsp3) is 0.462. The second-order valence-corrected chi connectivity index (χ2v) is 5.02. The van der Waals surface area contributed by atoms with Crippen molar-refractivity contribution < 1.29 is 25.2 Å². The summed E-state index contributed by atoms with van der Waals surface area (Å²) in [5.41, 5.74) is 1.07. The number of aliphatic hydroxyl groups is 4. The van der Waals surface area contributed by atoms with Crippen molar-refractivity contribution in [2.75, 3.05) is 6.61 Å². The summed E-state index contributed by atoms with van der Waals surface area (Å²) in [4.78, 5) is 4.14. The Bertz CT molecular complexity index is 620. The maximum atomic E-state index is 10.0. The van der Waals surface area contributed by atoms with Crippen molar-refractivity contribution in [1.82, 2.24) is 20.0 Å². The molecule has 1 saturated heterocycles. The van der Waals surface area contributed by atoms with E-state index in [-0.39, 0.29) is 0 Å². The van der Waals surface area contributed by atoms with E-state index < -0.39 is 37.3 Å². The molecule has 0 radical (unpaired) electrons. The first kappa shape index (κ1) is 15.0. The van der Waals surface area contributed by atoms with Crippen molar-refractivity contribution in [3.8, 4) is 11.4 Å². The quantitative estimate of drug-likeness (QED) is 0.528. The van der Waals surface area contributed by atoms with Crippen LogP contribution in [0.15, 0.2) is 30.6 Å². The first-order chi connectivity index (χ1) is 10.6. The van der Waals surface area contributed by atoms with Gasteiger partial charge in [0.2, 0.25) is 0 Å². The Morgan fingerprint density at radius 2 is 1.91 bits per heavy atom. The summed E-state index contributed by atoms with van der Waals surface area (Å²) >= 11 is 0. The Hall–Kier alpha value is -1.91. The Morgan fingerprint density at radius 3 is 2.59 bits per heavy atom. The van der Waals surface area contributed by atoms with Gasteiger partial charge in [-0.25, -0.2) is 4.68 Å². The van der Waals surface area contributed by atoms with E-state index in [1.807, 2.05) is 0 Å². The highest BCUT2D eigenvalue weighted by Gasteiger charge is 2.44. The number of aliphatic hydroxyl groups excluding tert-OH is 4. The van der Waals surface area contributed by atoms with Gasteiger partial charge in [-0.2, -0.15) is 0 Å². The normalized spacial score (nSPS) is 32.1. The van der Waals surface area contributed by atoms with E-state index in [0.717, 1.165) is 0 Å². The predicted octanol–water partition coefficient (Wildman–Crippen LogP) is -1.69. The van der Waals surface area contributed by atoms with Gasteiger partial charge in [-0.1, -0.05) is 11.3 Å². The molecule has 1 aliphatic rings. The maximum Gasteiger partial charge on any atom is 0.180 e. The number of pyridine rings is 1. The largest absolute Gasteiger partial charge is 0.394 e. The van der Waals surface area contributed by atoms with Crippen LogP contribution in [0.1, 0.15) is 6.23 Å². The minimum absolute atomic E-state index is 0.470. The first-order valence-electron chi connectivity index (χ1n) is 6.75. The predicted molar refractivity (Wildman–Crippen MR) is 72.3 cm³/mol. The average molecular weight is 308 g/mol. The molecule has 3 heterocycles. The zero-order valence-electron chi connectivity index (χ0n) is 11.5. The molecule has 5 atom stereocenters. The van der Waals surface area contributed by atoms with Gasteiger partial charge in [0.15, 0.2) is 6.23 Å². The molecular formula is C13H16N4O5. The number of nitrogens with zero attached hydrogens (tertiary/aromatic N) is 4. The van der Waals surface area contributed by atoms with Gasteiger partial charge < -0.3 is 25.2 Å². The van der Waals surface area contributed by atoms with Crippen molar-refractivity contribution in [2.45, 2.75) is 30.6 Å². The van der Waals surface area contributed by atoms with Crippen LogP contribution in [0.25, 0.3) is 11.4 Å². The third-order valence-corrected chi connectivity index (χ3v) is 3.57.